The second-order valence-electron chi connectivity index (χ2n) is 4.58. The van der Waals surface area contributed by atoms with Gasteiger partial charge in [-0.15, -0.1) is 0 Å². The van der Waals surface area contributed by atoms with E-state index in [0.29, 0.717) is 12.3 Å². The van der Waals surface area contributed by atoms with Gasteiger partial charge in [-0.05, 0) is 36.5 Å². The zero-order chi connectivity index (χ0) is 12.2. The van der Waals surface area contributed by atoms with Gasteiger partial charge in [-0.2, -0.15) is 5.26 Å². The van der Waals surface area contributed by atoms with E-state index in [1.54, 1.807) is 12.1 Å². The van der Waals surface area contributed by atoms with E-state index in [2.05, 4.69) is 19.9 Å². The van der Waals surface area contributed by atoms with Gasteiger partial charge in [0.2, 0.25) is 0 Å². The monoisotopic (exact) mass is 219 g/mol. The van der Waals surface area contributed by atoms with Gasteiger partial charge in [0.15, 0.2) is 0 Å². The molecule has 0 saturated carbocycles. The van der Waals surface area contributed by atoms with Crippen molar-refractivity contribution in [3.8, 4) is 6.07 Å². The summed E-state index contributed by atoms with van der Waals surface area (Å²) in [6.45, 7) is 6.17. The average Bonchev–Trinajstić information content (AvgIpc) is 2.28. The van der Waals surface area contributed by atoms with E-state index < -0.39 is 0 Å². The molecule has 0 aliphatic rings. The Kier molecular flexibility index (Phi) is 4.06. The Morgan fingerprint density at radius 3 is 2.25 bits per heavy atom. The van der Waals surface area contributed by atoms with Crippen molar-refractivity contribution in [3.63, 3.8) is 0 Å². The van der Waals surface area contributed by atoms with Crippen molar-refractivity contribution in [1.82, 2.24) is 0 Å². The Labute approximate surface area is 96.9 Å². The second-order valence-corrected chi connectivity index (χ2v) is 4.58. The van der Waals surface area contributed by atoms with Crippen LogP contribution in [0.3, 0.4) is 0 Å². The van der Waals surface area contributed by atoms with Crippen LogP contribution in [0.5, 0.6) is 0 Å². The lowest BCUT2D eigenvalue weighted by Gasteiger charge is -2.29. The van der Waals surface area contributed by atoms with Crippen LogP contribution in [-0.4, -0.2) is 0 Å². The minimum absolute atomic E-state index is 0.229. The third kappa shape index (κ3) is 2.61. The molecule has 0 radical (unpaired) electrons. The molecule has 2 heteroatoms. The van der Waals surface area contributed by atoms with Gasteiger partial charge < -0.3 is 0 Å². The highest BCUT2D eigenvalue weighted by Crippen LogP contribution is 2.34. The molecule has 86 valence electrons. The van der Waals surface area contributed by atoms with Crippen LogP contribution in [0.1, 0.15) is 32.8 Å². The van der Waals surface area contributed by atoms with E-state index in [4.69, 9.17) is 0 Å². The molecule has 0 amide bonds. The standard InChI is InChI=1S/C14H18FN/c1-4-14(10-16,11(2)3)9-12-5-7-13(15)8-6-12/h5-8,11H,4,9H2,1-3H3/t14-/m0/s1. The summed E-state index contributed by atoms with van der Waals surface area (Å²) in [6.07, 6.45) is 1.51. The van der Waals surface area contributed by atoms with Crippen molar-refractivity contribution in [2.75, 3.05) is 0 Å². The molecule has 0 saturated heterocycles. The van der Waals surface area contributed by atoms with Crippen LogP contribution in [0.25, 0.3) is 0 Å². The van der Waals surface area contributed by atoms with Crippen LogP contribution in [-0.2, 0) is 6.42 Å². The molecule has 0 heterocycles. The predicted molar refractivity (Wildman–Crippen MR) is 63.3 cm³/mol. The molecule has 0 spiro atoms. The first-order valence-electron chi connectivity index (χ1n) is 5.70. The van der Waals surface area contributed by atoms with Crippen molar-refractivity contribution in [2.24, 2.45) is 11.3 Å². The van der Waals surface area contributed by atoms with E-state index in [1.807, 2.05) is 6.92 Å². The predicted octanol–water partition coefficient (Wildman–Crippen LogP) is 3.94. The fourth-order valence-electron chi connectivity index (χ4n) is 1.95. The van der Waals surface area contributed by atoms with E-state index in [9.17, 15) is 9.65 Å². The lowest BCUT2D eigenvalue weighted by Crippen LogP contribution is -2.27. The summed E-state index contributed by atoms with van der Waals surface area (Å²) in [5.74, 6) is 0.0694. The van der Waals surface area contributed by atoms with Gasteiger partial charge in [0.25, 0.3) is 0 Å². The highest BCUT2D eigenvalue weighted by Gasteiger charge is 2.32. The fraction of sp³-hybridized carbons (Fsp3) is 0.500. The van der Waals surface area contributed by atoms with E-state index in [1.165, 1.54) is 12.1 Å². The minimum atomic E-state index is -0.335. The molecule has 0 aliphatic carbocycles. The number of nitrogens with zero attached hydrogens (tertiary/aromatic N) is 1. The van der Waals surface area contributed by atoms with Gasteiger partial charge in [0.05, 0.1) is 11.5 Å². The van der Waals surface area contributed by atoms with Crippen molar-refractivity contribution in [3.05, 3.63) is 35.6 Å². The first kappa shape index (κ1) is 12.7. The molecule has 0 fully saturated rings. The third-order valence-electron chi connectivity index (χ3n) is 3.39. The highest BCUT2D eigenvalue weighted by atomic mass is 19.1. The van der Waals surface area contributed by atoms with E-state index in [-0.39, 0.29) is 11.2 Å². The van der Waals surface area contributed by atoms with Crippen molar-refractivity contribution in [1.29, 1.82) is 5.26 Å². The first-order chi connectivity index (χ1) is 7.54. The van der Waals surface area contributed by atoms with Crippen LogP contribution in [0.4, 0.5) is 4.39 Å². The third-order valence-corrected chi connectivity index (χ3v) is 3.39. The summed E-state index contributed by atoms with van der Waals surface area (Å²) in [6, 6.07) is 8.86. The SMILES string of the molecule is CC[C@@](C#N)(Cc1ccc(F)cc1)C(C)C. The maximum Gasteiger partial charge on any atom is 0.123 e. The average molecular weight is 219 g/mol. The molecule has 1 aromatic carbocycles. The minimum Gasteiger partial charge on any atom is -0.207 e. The molecule has 1 aromatic rings. The molecule has 0 aromatic heterocycles. The molecule has 0 aliphatic heterocycles. The number of halogens is 1. The molecule has 0 bridgehead atoms. The number of hydrogen-bond donors (Lipinski definition) is 0. The van der Waals surface area contributed by atoms with Crippen molar-refractivity contribution in [2.45, 2.75) is 33.6 Å². The number of benzene rings is 1. The first-order valence-corrected chi connectivity index (χ1v) is 5.70. The molecular weight excluding hydrogens is 201 g/mol. The Morgan fingerprint density at radius 1 is 1.31 bits per heavy atom. The Hall–Kier alpha value is -1.36. The number of hydrogen-bond acceptors (Lipinski definition) is 1. The summed E-state index contributed by atoms with van der Waals surface area (Å²) in [7, 11) is 0. The van der Waals surface area contributed by atoms with Crippen LogP contribution >= 0.6 is 0 Å². The maximum absolute atomic E-state index is 12.8. The maximum atomic E-state index is 12.8. The number of nitriles is 1. The zero-order valence-corrected chi connectivity index (χ0v) is 10.1. The summed E-state index contributed by atoms with van der Waals surface area (Å²) in [5.41, 5.74) is 0.691. The van der Waals surface area contributed by atoms with Crippen molar-refractivity contribution >= 4 is 0 Å². The summed E-state index contributed by atoms with van der Waals surface area (Å²) in [4.78, 5) is 0. The van der Waals surface area contributed by atoms with Crippen LogP contribution in [0.2, 0.25) is 0 Å². The lowest BCUT2D eigenvalue weighted by atomic mass is 9.72. The fourth-order valence-corrected chi connectivity index (χ4v) is 1.95. The van der Waals surface area contributed by atoms with Gasteiger partial charge in [0, 0.05) is 0 Å². The van der Waals surface area contributed by atoms with Gasteiger partial charge in [-0.3, -0.25) is 0 Å². The van der Waals surface area contributed by atoms with Gasteiger partial charge in [-0.25, -0.2) is 4.39 Å². The largest absolute Gasteiger partial charge is 0.207 e. The number of rotatable bonds is 4. The van der Waals surface area contributed by atoms with Crippen LogP contribution in [0.15, 0.2) is 24.3 Å². The van der Waals surface area contributed by atoms with Gasteiger partial charge in [-0.1, -0.05) is 32.9 Å². The normalized spacial score (nSPS) is 14.5. The van der Waals surface area contributed by atoms with E-state index >= 15 is 0 Å². The zero-order valence-electron chi connectivity index (χ0n) is 10.1. The topological polar surface area (TPSA) is 23.8 Å². The Bertz CT molecular complexity index is 375. The van der Waals surface area contributed by atoms with Gasteiger partial charge >= 0.3 is 0 Å². The molecular formula is C14H18FN. The lowest BCUT2D eigenvalue weighted by molar-refractivity contribution is 0.264. The summed E-state index contributed by atoms with van der Waals surface area (Å²) < 4.78 is 12.8. The quantitative estimate of drug-likeness (QED) is 0.752. The highest BCUT2D eigenvalue weighted by molar-refractivity contribution is 5.20. The van der Waals surface area contributed by atoms with Crippen LogP contribution in [0, 0.1) is 28.5 Å². The molecule has 16 heavy (non-hydrogen) atoms. The Balaban J connectivity index is 2.93. The summed E-state index contributed by atoms with van der Waals surface area (Å²) >= 11 is 0. The smallest absolute Gasteiger partial charge is 0.123 e. The molecule has 1 nitrogen and oxygen atoms in total. The molecule has 1 rings (SSSR count). The molecule has 0 N–H and O–H groups in total. The molecule has 1 atom stereocenters. The summed E-state index contributed by atoms with van der Waals surface area (Å²) in [5, 5.41) is 9.34. The van der Waals surface area contributed by atoms with Crippen molar-refractivity contribution < 1.29 is 4.39 Å². The molecule has 0 unspecified atom stereocenters. The van der Waals surface area contributed by atoms with Crippen LogP contribution < -0.4 is 0 Å². The van der Waals surface area contributed by atoms with Gasteiger partial charge in [0.1, 0.15) is 5.82 Å². The Morgan fingerprint density at radius 2 is 1.88 bits per heavy atom. The second kappa shape index (κ2) is 5.12. The van der Waals surface area contributed by atoms with E-state index in [0.717, 1.165) is 12.0 Å².